The molecule has 0 aliphatic carbocycles. The van der Waals surface area contributed by atoms with Gasteiger partial charge >= 0.3 is 0 Å². The Bertz CT molecular complexity index is 502. The molecule has 116 valence electrons. The van der Waals surface area contributed by atoms with Crippen LogP contribution in [0.25, 0.3) is 11.0 Å². The fraction of sp³-hybridized carbons (Fsp3) is 0.556. The van der Waals surface area contributed by atoms with E-state index in [4.69, 9.17) is 4.42 Å². The number of nitrogens with one attached hydrogen (secondary N) is 1. The average Bonchev–Trinajstić information content (AvgIpc) is 2.90. The second kappa shape index (κ2) is 8.50. The Hall–Kier alpha value is -0.930. The first-order valence-corrected chi connectivity index (χ1v) is 9.15. The number of hydrogen-bond acceptors (Lipinski definition) is 3. The van der Waals surface area contributed by atoms with E-state index in [1.54, 1.807) is 0 Å². The third-order valence-corrected chi connectivity index (χ3v) is 4.65. The molecular weight excluding hydrogens is 278 g/mol. The van der Waals surface area contributed by atoms with E-state index in [0.29, 0.717) is 6.04 Å². The first-order chi connectivity index (χ1) is 10.2. The Kier molecular flexibility index (Phi) is 6.65. The molecule has 0 fully saturated rings. The molecule has 0 aliphatic rings. The fourth-order valence-corrected chi connectivity index (χ4v) is 3.58. The van der Waals surface area contributed by atoms with Gasteiger partial charge in [0.2, 0.25) is 0 Å². The molecule has 0 spiro atoms. The van der Waals surface area contributed by atoms with Crippen molar-refractivity contribution in [1.82, 2.24) is 5.32 Å². The summed E-state index contributed by atoms with van der Waals surface area (Å²) in [5.41, 5.74) is 0.989. The van der Waals surface area contributed by atoms with Crippen molar-refractivity contribution in [3.63, 3.8) is 0 Å². The third kappa shape index (κ3) is 5.08. The maximum absolute atomic E-state index is 6.03. The summed E-state index contributed by atoms with van der Waals surface area (Å²) >= 11 is 2.02. The van der Waals surface area contributed by atoms with Gasteiger partial charge in [0.25, 0.3) is 0 Å². The number of thioether (sulfide) groups is 1. The van der Waals surface area contributed by atoms with Gasteiger partial charge in [-0.1, -0.05) is 39.0 Å². The summed E-state index contributed by atoms with van der Waals surface area (Å²) in [7, 11) is 0. The summed E-state index contributed by atoms with van der Waals surface area (Å²) in [5, 5.41) is 4.82. The molecule has 2 nitrogen and oxygen atoms in total. The van der Waals surface area contributed by atoms with Gasteiger partial charge in [-0.2, -0.15) is 11.8 Å². The smallest absolute Gasteiger partial charge is 0.134 e. The molecule has 2 rings (SSSR count). The van der Waals surface area contributed by atoms with Crippen molar-refractivity contribution < 1.29 is 4.42 Å². The molecule has 1 aromatic carbocycles. The Morgan fingerprint density at radius 1 is 1.24 bits per heavy atom. The lowest BCUT2D eigenvalue weighted by Gasteiger charge is -2.16. The summed E-state index contributed by atoms with van der Waals surface area (Å²) < 4.78 is 6.03. The maximum atomic E-state index is 6.03. The Balaban J connectivity index is 2.00. The standard InChI is InChI=1S/C18H27NOS/c1-4-10-19-16(13-21-11-9-14(2)3)18-12-15-7-5-6-8-17(15)20-18/h5-8,12,14,16,19H,4,9-11,13H2,1-3H3. The van der Waals surface area contributed by atoms with Crippen LogP contribution in [0.1, 0.15) is 45.4 Å². The SMILES string of the molecule is CCCNC(CSCCC(C)C)c1cc2ccccc2o1. The fourth-order valence-electron chi connectivity index (χ4n) is 2.25. The molecule has 0 aliphatic heterocycles. The highest BCUT2D eigenvalue weighted by Gasteiger charge is 2.15. The van der Waals surface area contributed by atoms with E-state index in [2.05, 4.69) is 44.3 Å². The number of para-hydroxylation sites is 1. The highest BCUT2D eigenvalue weighted by atomic mass is 32.2. The summed E-state index contributed by atoms with van der Waals surface area (Å²) in [6.45, 7) is 7.81. The zero-order chi connectivity index (χ0) is 15.1. The number of rotatable bonds is 9. The molecular formula is C18H27NOS. The van der Waals surface area contributed by atoms with Gasteiger partial charge in [0.05, 0.1) is 6.04 Å². The zero-order valence-corrected chi connectivity index (χ0v) is 14.2. The first-order valence-electron chi connectivity index (χ1n) is 8.00. The molecule has 0 saturated carbocycles. The molecule has 1 aromatic heterocycles. The molecule has 1 atom stereocenters. The lowest BCUT2D eigenvalue weighted by molar-refractivity contribution is 0.456. The van der Waals surface area contributed by atoms with Crippen LogP contribution in [0.3, 0.4) is 0 Å². The molecule has 0 radical (unpaired) electrons. The van der Waals surface area contributed by atoms with Crippen LogP contribution >= 0.6 is 11.8 Å². The van der Waals surface area contributed by atoms with Crippen LogP contribution < -0.4 is 5.32 Å². The molecule has 21 heavy (non-hydrogen) atoms. The van der Waals surface area contributed by atoms with E-state index in [9.17, 15) is 0 Å². The molecule has 1 unspecified atom stereocenters. The van der Waals surface area contributed by atoms with Gasteiger partial charge in [0.1, 0.15) is 11.3 Å². The van der Waals surface area contributed by atoms with Crippen LogP contribution in [0.4, 0.5) is 0 Å². The molecule has 3 heteroatoms. The van der Waals surface area contributed by atoms with Crippen molar-refractivity contribution in [3.05, 3.63) is 36.1 Å². The monoisotopic (exact) mass is 305 g/mol. The van der Waals surface area contributed by atoms with Crippen molar-refractivity contribution in [2.45, 2.75) is 39.7 Å². The lowest BCUT2D eigenvalue weighted by atomic mass is 10.2. The molecule has 1 heterocycles. The van der Waals surface area contributed by atoms with E-state index in [-0.39, 0.29) is 0 Å². The van der Waals surface area contributed by atoms with Gasteiger partial charge in [0, 0.05) is 11.1 Å². The second-order valence-electron chi connectivity index (χ2n) is 5.95. The summed E-state index contributed by atoms with van der Waals surface area (Å²) in [6.07, 6.45) is 2.43. The van der Waals surface area contributed by atoms with Crippen LogP contribution in [-0.4, -0.2) is 18.1 Å². The van der Waals surface area contributed by atoms with Crippen LogP contribution in [-0.2, 0) is 0 Å². The minimum atomic E-state index is 0.314. The number of furan rings is 1. The van der Waals surface area contributed by atoms with Crippen LogP contribution in [0.5, 0.6) is 0 Å². The molecule has 2 aromatic rings. The van der Waals surface area contributed by atoms with Gasteiger partial charge in [-0.25, -0.2) is 0 Å². The number of fused-ring (bicyclic) bond motifs is 1. The summed E-state index contributed by atoms with van der Waals surface area (Å²) in [5.74, 6) is 4.15. The zero-order valence-electron chi connectivity index (χ0n) is 13.4. The Morgan fingerprint density at radius 2 is 2.05 bits per heavy atom. The van der Waals surface area contributed by atoms with E-state index in [0.717, 1.165) is 36.0 Å². The van der Waals surface area contributed by atoms with Gasteiger partial charge < -0.3 is 9.73 Å². The highest BCUT2D eigenvalue weighted by molar-refractivity contribution is 7.99. The lowest BCUT2D eigenvalue weighted by Crippen LogP contribution is -2.23. The first kappa shape index (κ1) is 16.4. The minimum absolute atomic E-state index is 0.314. The van der Waals surface area contributed by atoms with Crippen molar-refractivity contribution in [2.75, 3.05) is 18.1 Å². The third-order valence-electron chi connectivity index (χ3n) is 3.55. The molecule has 1 N–H and O–H groups in total. The normalized spacial score (nSPS) is 13.1. The van der Waals surface area contributed by atoms with Gasteiger partial charge in [-0.3, -0.25) is 0 Å². The number of hydrogen-bond donors (Lipinski definition) is 1. The van der Waals surface area contributed by atoms with Crippen LogP contribution in [0, 0.1) is 5.92 Å². The van der Waals surface area contributed by atoms with Crippen molar-refractivity contribution >= 4 is 22.7 Å². The largest absolute Gasteiger partial charge is 0.459 e. The van der Waals surface area contributed by atoms with Gasteiger partial charge in [0.15, 0.2) is 0 Å². The van der Waals surface area contributed by atoms with E-state index in [1.165, 1.54) is 17.6 Å². The van der Waals surface area contributed by atoms with Gasteiger partial charge in [-0.05, 0) is 43.2 Å². The highest BCUT2D eigenvalue weighted by Crippen LogP contribution is 2.26. The van der Waals surface area contributed by atoms with Gasteiger partial charge in [-0.15, -0.1) is 0 Å². The quantitative estimate of drug-likeness (QED) is 0.640. The second-order valence-corrected chi connectivity index (χ2v) is 7.10. The maximum Gasteiger partial charge on any atom is 0.134 e. The molecule has 0 bridgehead atoms. The van der Waals surface area contributed by atoms with Crippen molar-refractivity contribution in [3.8, 4) is 0 Å². The molecule has 0 amide bonds. The Labute approximate surface area is 132 Å². The molecule has 0 saturated heterocycles. The van der Waals surface area contributed by atoms with E-state index in [1.807, 2.05) is 23.9 Å². The number of benzene rings is 1. The van der Waals surface area contributed by atoms with E-state index < -0.39 is 0 Å². The van der Waals surface area contributed by atoms with Crippen LogP contribution in [0.2, 0.25) is 0 Å². The Morgan fingerprint density at radius 3 is 2.76 bits per heavy atom. The van der Waals surface area contributed by atoms with Crippen molar-refractivity contribution in [1.29, 1.82) is 0 Å². The predicted octanol–water partition coefficient (Wildman–Crippen LogP) is 5.25. The average molecular weight is 305 g/mol. The van der Waals surface area contributed by atoms with E-state index >= 15 is 0 Å². The van der Waals surface area contributed by atoms with Crippen molar-refractivity contribution in [2.24, 2.45) is 5.92 Å². The predicted molar refractivity (Wildman–Crippen MR) is 94.0 cm³/mol. The summed E-state index contributed by atoms with van der Waals surface area (Å²) in [4.78, 5) is 0. The topological polar surface area (TPSA) is 25.2 Å². The summed E-state index contributed by atoms with van der Waals surface area (Å²) in [6, 6.07) is 10.8. The van der Waals surface area contributed by atoms with Crippen LogP contribution in [0.15, 0.2) is 34.7 Å². The minimum Gasteiger partial charge on any atom is -0.459 e.